The van der Waals surface area contributed by atoms with Crippen molar-refractivity contribution in [2.45, 2.75) is 0 Å². The van der Waals surface area contributed by atoms with Gasteiger partial charge in [0.25, 0.3) is 0 Å². The fourth-order valence-electron chi connectivity index (χ4n) is 2.32. The van der Waals surface area contributed by atoms with Crippen molar-refractivity contribution in [2.24, 2.45) is 5.10 Å². The molecule has 5 nitrogen and oxygen atoms in total. The van der Waals surface area contributed by atoms with E-state index >= 15 is 0 Å². The molecule has 2 aromatic heterocycles. The first-order chi connectivity index (χ1) is 12.8. The van der Waals surface area contributed by atoms with Crippen LogP contribution in [0.3, 0.4) is 0 Å². The maximum atomic E-state index is 6.09. The van der Waals surface area contributed by atoms with Crippen molar-refractivity contribution in [2.75, 3.05) is 5.43 Å². The second kappa shape index (κ2) is 7.51. The molecule has 0 saturated heterocycles. The van der Waals surface area contributed by atoms with Crippen LogP contribution in [0.2, 0.25) is 5.02 Å². The summed E-state index contributed by atoms with van der Waals surface area (Å²) in [6.07, 6.45) is 1.66. The Kier molecular flexibility index (Phi) is 4.77. The molecule has 0 spiro atoms. The van der Waals surface area contributed by atoms with Crippen molar-refractivity contribution in [3.05, 3.63) is 76.6 Å². The van der Waals surface area contributed by atoms with E-state index in [1.807, 2.05) is 66.0 Å². The number of nitrogens with zero attached hydrogens (tertiary/aromatic N) is 3. The van der Waals surface area contributed by atoms with Crippen molar-refractivity contribution < 1.29 is 4.52 Å². The lowest BCUT2D eigenvalue weighted by atomic mass is 10.1. The van der Waals surface area contributed by atoms with E-state index in [4.69, 9.17) is 16.1 Å². The second-order valence-electron chi connectivity index (χ2n) is 5.37. The number of anilines is 1. The fourth-order valence-corrected chi connectivity index (χ4v) is 3.15. The van der Waals surface area contributed by atoms with Crippen LogP contribution in [0.25, 0.3) is 22.7 Å². The van der Waals surface area contributed by atoms with Crippen LogP contribution in [-0.2, 0) is 0 Å². The van der Waals surface area contributed by atoms with Crippen molar-refractivity contribution in [3.63, 3.8) is 0 Å². The van der Waals surface area contributed by atoms with Gasteiger partial charge >= 0.3 is 0 Å². The number of rotatable bonds is 5. The summed E-state index contributed by atoms with van der Waals surface area (Å²) in [6.45, 7) is 0. The molecule has 4 aromatic rings. The highest BCUT2D eigenvalue weighted by Gasteiger charge is 2.11. The lowest BCUT2D eigenvalue weighted by Gasteiger charge is -1.96. The van der Waals surface area contributed by atoms with Gasteiger partial charge in [-0.3, -0.25) is 5.43 Å². The van der Waals surface area contributed by atoms with Crippen LogP contribution >= 0.6 is 22.9 Å². The largest absolute Gasteiger partial charge is 0.354 e. The summed E-state index contributed by atoms with van der Waals surface area (Å²) >= 11 is 7.52. The summed E-state index contributed by atoms with van der Waals surface area (Å²) in [5.74, 6) is 0.614. The number of aromatic nitrogens is 2. The Labute approximate surface area is 159 Å². The van der Waals surface area contributed by atoms with E-state index in [0.717, 1.165) is 16.8 Å². The normalized spacial score (nSPS) is 11.1. The zero-order chi connectivity index (χ0) is 17.8. The van der Waals surface area contributed by atoms with E-state index in [9.17, 15) is 0 Å². The fraction of sp³-hybridized carbons (Fsp3) is 0. The smallest absolute Gasteiger partial charge is 0.203 e. The van der Waals surface area contributed by atoms with Crippen molar-refractivity contribution >= 4 is 34.3 Å². The molecule has 0 radical (unpaired) electrons. The van der Waals surface area contributed by atoms with Gasteiger partial charge in [-0.25, -0.2) is 4.98 Å². The molecule has 0 aliphatic carbocycles. The molecule has 0 bridgehead atoms. The van der Waals surface area contributed by atoms with Gasteiger partial charge in [-0.15, -0.1) is 11.3 Å². The number of halogens is 1. The van der Waals surface area contributed by atoms with Gasteiger partial charge in [0.15, 0.2) is 5.76 Å². The highest BCUT2D eigenvalue weighted by Crippen LogP contribution is 2.28. The van der Waals surface area contributed by atoms with Crippen LogP contribution in [0.1, 0.15) is 5.56 Å². The van der Waals surface area contributed by atoms with Crippen LogP contribution in [-0.4, -0.2) is 16.4 Å². The number of benzene rings is 2. The number of hydrazone groups is 1. The average Bonchev–Trinajstić information content (AvgIpc) is 3.33. The van der Waals surface area contributed by atoms with Crippen LogP contribution < -0.4 is 5.43 Å². The highest BCUT2D eigenvalue weighted by molar-refractivity contribution is 7.14. The summed E-state index contributed by atoms with van der Waals surface area (Å²) in [5, 5.41) is 11.5. The maximum Gasteiger partial charge on any atom is 0.203 e. The van der Waals surface area contributed by atoms with Gasteiger partial charge in [0, 0.05) is 27.6 Å². The minimum absolute atomic E-state index is 0.614. The molecule has 7 heteroatoms. The molecule has 0 fully saturated rings. The summed E-state index contributed by atoms with van der Waals surface area (Å²) in [5.41, 5.74) is 6.23. The SMILES string of the molecule is Clc1ccccc1/C=N/Nc1nc(-c2cc(-c3ccccc3)no2)cs1. The predicted molar refractivity (Wildman–Crippen MR) is 106 cm³/mol. The molecule has 2 aromatic carbocycles. The molecule has 0 atom stereocenters. The summed E-state index contributed by atoms with van der Waals surface area (Å²) < 4.78 is 5.42. The monoisotopic (exact) mass is 380 g/mol. The Morgan fingerprint density at radius 2 is 1.85 bits per heavy atom. The van der Waals surface area contributed by atoms with Crippen molar-refractivity contribution in [3.8, 4) is 22.7 Å². The Morgan fingerprint density at radius 3 is 2.69 bits per heavy atom. The van der Waals surface area contributed by atoms with Gasteiger partial charge < -0.3 is 4.52 Å². The van der Waals surface area contributed by atoms with Crippen LogP contribution in [0.15, 0.2) is 75.7 Å². The first kappa shape index (κ1) is 16.5. The van der Waals surface area contributed by atoms with Gasteiger partial charge in [0.2, 0.25) is 5.13 Å². The second-order valence-corrected chi connectivity index (χ2v) is 6.64. The number of hydrogen-bond acceptors (Lipinski definition) is 6. The van der Waals surface area contributed by atoms with E-state index in [0.29, 0.717) is 21.6 Å². The first-order valence-corrected chi connectivity index (χ1v) is 9.07. The van der Waals surface area contributed by atoms with Gasteiger partial charge in [0.1, 0.15) is 11.4 Å². The van der Waals surface area contributed by atoms with Crippen LogP contribution in [0.5, 0.6) is 0 Å². The Morgan fingerprint density at radius 1 is 1.04 bits per heavy atom. The van der Waals surface area contributed by atoms with E-state index in [1.165, 1.54) is 11.3 Å². The average molecular weight is 381 g/mol. The molecule has 0 saturated carbocycles. The molecule has 128 valence electrons. The molecule has 2 heterocycles. The van der Waals surface area contributed by atoms with E-state index < -0.39 is 0 Å². The molecule has 0 amide bonds. The number of hydrogen-bond donors (Lipinski definition) is 1. The molecule has 0 aliphatic rings. The first-order valence-electron chi connectivity index (χ1n) is 7.81. The minimum atomic E-state index is 0.614. The number of thiazole rings is 1. The topological polar surface area (TPSA) is 63.3 Å². The van der Waals surface area contributed by atoms with E-state index in [2.05, 4.69) is 20.7 Å². The van der Waals surface area contributed by atoms with Crippen LogP contribution in [0, 0.1) is 0 Å². The van der Waals surface area contributed by atoms with Crippen molar-refractivity contribution in [1.29, 1.82) is 0 Å². The standard InChI is InChI=1S/C19H13ClN4OS/c20-15-9-5-4-8-14(15)11-21-23-19-22-17(12-26-19)18-10-16(24-25-18)13-6-2-1-3-7-13/h1-12H,(H,22,23)/b21-11+. The Bertz CT molecular complexity index is 1040. The summed E-state index contributed by atoms with van der Waals surface area (Å²) in [7, 11) is 0. The third kappa shape index (κ3) is 3.66. The Balaban J connectivity index is 1.47. The third-order valence-corrected chi connectivity index (χ3v) is 4.70. The molecule has 0 unspecified atom stereocenters. The summed E-state index contributed by atoms with van der Waals surface area (Å²) in [6, 6.07) is 19.2. The zero-order valence-electron chi connectivity index (χ0n) is 13.5. The number of nitrogens with one attached hydrogen (secondary N) is 1. The molecule has 4 rings (SSSR count). The molecular formula is C19H13ClN4OS. The van der Waals surface area contributed by atoms with Gasteiger partial charge in [-0.05, 0) is 6.07 Å². The maximum absolute atomic E-state index is 6.09. The Hall–Kier alpha value is -2.96. The van der Waals surface area contributed by atoms with E-state index in [-0.39, 0.29) is 0 Å². The third-order valence-electron chi connectivity index (χ3n) is 3.61. The van der Waals surface area contributed by atoms with Crippen molar-refractivity contribution in [1.82, 2.24) is 10.1 Å². The molecule has 1 N–H and O–H groups in total. The molecule has 0 aliphatic heterocycles. The zero-order valence-corrected chi connectivity index (χ0v) is 15.0. The highest BCUT2D eigenvalue weighted by atomic mass is 35.5. The lowest BCUT2D eigenvalue weighted by Crippen LogP contribution is -1.90. The molecule has 26 heavy (non-hydrogen) atoms. The van der Waals surface area contributed by atoms with Crippen LogP contribution in [0.4, 0.5) is 5.13 Å². The lowest BCUT2D eigenvalue weighted by molar-refractivity contribution is 0.434. The minimum Gasteiger partial charge on any atom is -0.354 e. The molecular weight excluding hydrogens is 368 g/mol. The van der Waals surface area contributed by atoms with Gasteiger partial charge in [-0.1, -0.05) is 65.3 Å². The predicted octanol–water partition coefficient (Wildman–Crippen LogP) is 5.56. The quantitative estimate of drug-likeness (QED) is 0.363. The van der Waals surface area contributed by atoms with E-state index in [1.54, 1.807) is 6.21 Å². The van der Waals surface area contributed by atoms with Gasteiger partial charge in [0.05, 0.1) is 6.21 Å². The van der Waals surface area contributed by atoms with Gasteiger partial charge in [-0.2, -0.15) is 5.10 Å². The summed E-state index contributed by atoms with van der Waals surface area (Å²) in [4.78, 5) is 4.47.